The molecule has 0 spiro atoms. The monoisotopic (exact) mass is 263 g/mol. The number of carbonyl (C=O) groups is 1. The summed E-state index contributed by atoms with van der Waals surface area (Å²) in [4.78, 5) is 16.7. The van der Waals surface area contributed by atoms with E-state index in [4.69, 9.17) is 5.73 Å². The van der Waals surface area contributed by atoms with Crippen LogP contribution in [0, 0.1) is 5.82 Å². The molecule has 1 saturated heterocycles. The van der Waals surface area contributed by atoms with E-state index < -0.39 is 17.9 Å². The molecular weight excluding hydrogens is 252 g/mol. The first-order valence-electron chi connectivity index (χ1n) is 5.83. The van der Waals surface area contributed by atoms with Crippen molar-refractivity contribution >= 4 is 22.5 Å². The Morgan fingerprint density at radius 2 is 2.11 bits per heavy atom. The van der Waals surface area contributed by atoms with Gasteiger partial charge in [-0.1, -0.05) is 0 Å². The molecule has 0 bridgehead atoms. The van der Waals surface area contributed by atoms with Crippen LogP contribution in [0.25, 0.3) is 10.9 Å². The van der Waals surface area contributed by atoms with Gasteiger partial charge >= 0.3 is 0 Å². The van der Waals surface area contributed by atoms with Crippen LogP contribution in [0.3, 0.4) is 0 Å². The number of nitrogens with zero attached hydrogens (tertiary/aromatic N) is 2. The molecule has 1 aromatic heterocycles. The summed E-state index contributed by atoms with van der Waals surface area (Å²) in [5.41, 5.74) is 6.25. The van der Waals surface area contributed by atoms with Crippen molar-refractivity contribution in [1.29, 1.82) is 0 Å². The Labute approximate surface area is 107 Å². The zero-order chi connectivity index (χ0) is 13.6. The van der Waals surface area contributed by atoms with E-state index in [1.54, 1.807) is 11.0 Å². The molecule has 1 aromatic carbocycles. The highest BCUT2D eigenvalue weighted by Gasteiger charge is 2.28. The summed E-state index contributed by atoms with van der Waals surface area (Å²) in [6.07, 6.45) is 0.445. The fourth-order valence-corrected chi connectivity index (χ4v) is 2.14. The van der Waals surface area contributed by atoms with Gasteiger partial charge in [-0.2, -0.15) is 0 Å². The predicted octanol–water partition coefficient (Wildman–Crippen LogP) is 1.63. The van der Waals surface area contributed by atoms with Gasteiger partial charge in [0.2, 0.25) is 5.91 Å². The van der Waals surface area contributed by atoms with Crippen LogP contribution in [0.4, 0.5) is 14.5 Å². The molecule has 0 saturated carbocycles. The predicted molar refractivity (Wildman–Crippen MR) is 67.3 cm³/mol. The van der Waals surface area contributed by atoms with Crippen LogP contribution in [0.1, 0.15) is 10.4 Å². The van der Waals surface area contributed by atoms with E-state index in [0.717, 1.165) is 0 Å². The molecular formula is C13H11F2N3O. The van der Waals surface area contributed by atoms with Gasteiger partial charge in [0, 0.05) is 11.6 Å². The molecule has 2 N–H and O–H groups in total. The highest BCUT2D eigenvalue weighted by molar-refractivity contribution is 5.96. The SMILES string of the molecule is NC(=O)c1cnc2cc(N3CC(F)C3)c(F)cc2c1. The molecule has 1 fully saturated rings. The van der Waals surface area contributed by atoms with Crippen molar-refractivity contribution in [1.82, 2.24) is 4.98 Å². The van der Waals surface area contributed by atoms with Crippen molar-refractivity contribution in [2.75, 3.05) is 18.0 Å². The van der Waals surface area contributed by atoms with Gasteiger partial charge in [-0.05, 0) is 18.2 Å². The quantitative estimate of drug-likeness (QED) is 0.895. The lowest BCUT2D eigenvalue weighted by atomic mass is 10.1. The minimum absolute atomic E-state index is 0.196. The van der Waals surface area contributed by atoms with E-state index in [1.807, 2.05) is 0 Å². The molecule has 2 aromatic rings. The van der Waals surface area contributed by atoms with Gasteiger partial charge in [-0.15, -0.1) is 0 Å². The molecule has 1 amide bonds. The Balaban J connectivity index is 2.06. The topological polar surface area (TPSA) is 59.2 Å². The Morgan fingerprint density at radius 3 is 2.74 bits per heavy atom. The average molecular weight is 263 g/mol. The normalized spacial score (nSPS) is 15.6. The minimum atomic E-state index is -0.903. The average Bonchev–Trinajstić information content (AvgIpc) is 2.33. The number of benzene rings is 1. The van der Waals surface area contributed by atoms with Crippen molar-refractivity contribution in [2.45, 2.75) is 6.17 Å². The number of nitrogens with two attached hydrogens (primary N) is 1. The minimum Gasteiger partial charge on any atom is -0.366 e. The van der Waals surface area contributed by atoms with Crippen molar-refractivity contribution in [3.63, 3.8) is 0 Å². The first-order chi connectivity index (χ1) is 9.04. The van der Waals surface area contributed by atoms with E-state index in [9.17, 15) is 13.6 Å². The number of amides is 1. The van der Waals surface area contributed by atoms with Gasteiger partial charge < -0.3 is 10.6 Å². The molecule has 6 heteroatoms. The highest BCUT2D eigenvalue weighted by atomic mass is 19.1. The summed E-state index contributed by atoms with van der Waals surface area (Å²) in [5, 5.41) is 0.495. The smallest absolute Gasteiger partial charge is 0.250 e. The number of anilines is 1. The summed E-state index contributed by atoms with van der Waals surface area (Å²) in [7, 11) is 0. The standard InChI is InChI=1S/C13H11F2N3O/c14-9-5-18(6-9)12-3-11-7(2-10(12)15)1-8(4-17-11)13(16)19/h1-4,9H,5-6H2,(H2,16,19). The van der Waals surface area contributed by atoms with Gasteiger partial charge in [-0.25, -0.2) is 8.78 Å². The maximum Gasteiger partial charge on any atom is 0.250 e. The Morgan fingerprint density at radius 1 is 1.37 bits per heavy atom. The van der Waals surface area contributed by atoms with Gasteiger partial charge in [-0.3, -0.25) is 9.78 Å². The van der Waals surface area contributed by atoms with Gasteiger partial charge in [0.15, 0.2) is 0 Å². The van der Waals surface area contributed by atoms with E-state index in [2.05, 4.69) is 4.98 Å². The first kappa shape index (κ1) is 11.8. The molecule has 0 radical (unpaired) electrons. The Kier molecular flexibility index (Phi) is 2.58. The number of primary amides is 1. The third-order valence-corrected chi connectivity index (χ3v) is 3.21. The van der Waals surface area contributed by atoms with Crippen LogP contribution in [0.5, 0.6) is 0 Å². The number of alkyl halides is 1. The first-order valence-corrected chi connectivity index (χ1v) is 5.83. The third kappa shape index (κ3) is 1.99. The van der Waals surface area contributed by atoms with Gasteiger partial charge in [0.25, 0.3) is 0 Å². The fraction of sp³-hybridized carbons (Fsp3) is 0.231. The number of hydrogen-bond donors (Lipinski definition) is 1. The second-order valence-corrected chi connectivity index (χ2v) is 4.59. The lowest BCUT2D eigenvalue weighted by molar-refractivity contribution is 0.1000. The summed E-state index contributed by atoms with van der Waals surface area (Å²) in [6, 6.07) is 4.34. The second-order valence-electron chi connectivity index (χ2n) is 4.59. The van der Waals surface area contributed by atoms with Gasteiger partial charge in [0.05, 0.1) is 29.9 Å². The van der Waals surface area contributed by atoms with Crippen LogP contribution in [-0.4, -0.2) is 30.2 Å². The maximum absolute atomic E-state index is 13.9. The molecule has 98 valence electrons. The highest BCUT2D eigenvalue weighted by Crippen LogP contribution is 2.29. The molecule has 4 nitrogen and oxygen atoms in total. The number of rotatable bonds is 2. The van der Waals surface area contributed by atoms with Crippen LogP contribution in [0.15, 0.2) is 24.4 Å². The summed E-state index contributed by atoms with van der Waals surface area (Å²) < 4.78 is 26.8. The second kappa shape index (κ2) is 4.15. The number of halogens is 2. The Bertz CT molecular complexity index is 668. The number of pyridine rings is 1. The summed E-state index contributed by atoms with van der Waals surface area (Å²) in [5.74, 6) is -1.07. The summed E-state index contributed by atoms with van der Waals surface area (Å²) in [6.45, 7) is 0.392. The molecule has 3 rings (SSSR count). The number of aromatic nitrogens is 1. The number of fused-ring (bicyclic) bond motifs is 1. The fourth-order valence-electron chi connectivity index (χ4n) is 2.14. The van der Waals surface area contributed by atoms with E-state index in [-0.39, 0.29) is 18.7 Å². The van der Waals surface area contributed by atoms with Crippen LogP contribution >= 0.6 is 0 Å². The molecule has 2 heterocycles. The van der Waals surface area contributed by atoms with Gasteiger partial charge in [0.1, 0.15) is 12.0 Å². The summed E-state index contributed by atoms with van der Waals surface area (Å²) >= 11 is 0. The molecule has 1 aliphatic heterocycles. The number of carbonyl (C=O) groups excluding carboxylic acids is 1. The van der Waals surface area contributed by atoms with Crippen LogP contribution in [0.2, 0.25) is 0 Å². The van der Waals surface area contributed by atoms with Crippen LogP contribution < -0.4 is 10.6 Å². The van der Waals surface area contributed by atoms with E-state index >= 15 is 0 Å². The van der Waals surface area contributed by atoms with E-state index in [0.29, 0.717) is 16.6 Å². The molecule has 0 unspecified atom stereocenters. The van der Waals surface area contributed by atoms with Crippen molar-refractivity contribution in [3.8, 4) is 0 Å². The Hall–Kier alpha value is -2.24. The lowest BCUT2D eigenvalue weighted by Gasteiger charge is -2.36. The van der Waals surface area contributed by atoms with Crippen molar-refractivity contribution < 1.29 is 13.6 Å². The largest absolute Gasteiger partial charge is 0.366 e. The zero-order valence-corrected chi connectivity index (χ0v) is 9.94. The molecule has 1 aliphatic rings. The van der Waals surface area contributed by atoms with E-state index in [1.165, 1.54) is 18.3 Å². The van der Waals surface area contributed by atoms with Crippen LogP contribution in [-0.2, 0) is 0 Å². The number of hydrogen-bond acceptors (Lipinski definition) is 3. The zero-order valence-electron chi connectivity index (χ0n) is 9.94. The molecule has 0 atom stereocenters. The van der Waals surface area contributed by atoms with Crippen molar-refractivity contribution in [2.24, 2.45) is 5.73 Å². The van der Waals surface area contributed by atoms with Crippen molar-refractivity contribution in [3.05, 3.63) is 35.8 Å². The molecule has 0 aliphatic carbocycles. The molecule has 19 heavy (non-hydrogen) atoms. The lowest BCUT2D eigenvalue weighted by Crippen LogP contribution is -2.48. The third-order valence-electron chi connectivity index (χ3n) is 3.21. The maximum atomic E-state index is 13.9.